The third-order valence-corrected chi connectivity index (χ3v) is 4.96. The topological polar surface area (TPSA) is 61.0 Å². The van der Waals surface area contributed by atoms with Crippen molar-refractivity contribution < 1.29 is 4.74 Å². The van der Waals surface area contributed by atoms with E-state index in [9.17, 15) is 0 Å². The molecule has 1 aromatic carbocycles. The molecule has 3 rings (SSSR count). The number of benzene rings is 1. The molecule has 1 unspecified atom stereocenters. The van der Waals surface area contributed by atoms with Crippen molar-refractivity contribution >= 4 is 28.2 Å². The summed E-state index contributed by atoms with van der Waals surface area (Å²) in [7, 11) is 0. The van der Waals surface area contributed by atoms with Crippen molar-refractivity contribution in [3.8, 4) is 5.75 Å². The largest absolute Gasteiger partial charge is 0.493 e. The Morgan fingerprint density at radius 2 is 2.28 bits per heavy atom. The third-order valence-electron chi connectivity index (χ3n) is 2.91. The number of rotatable bonds is 3. The molecule has 2 aromatic rings. The second-order valence-electron chi connectivity index (χ2n) is 4.09. The lowest BCUT2D eigenvalue weighted by Gasteiger charge is -2.25. The van der Waals surface area contributed by atoms with Gasteiger partial charge in [-0.15, -0.1) is 10.2 Å². The molecule has 0 spiro atoms. The molecule has 0 radical (unpaired) electrons. The smallest absolute Gasteiger partial charge is 0.203 e. The van der Waals surface area contributed by atoms with Crippen LogP contribution in [-0.4, -0.2) is 22.6 Å². The van der Waals surface area contributed by atoms with E-state index in [0.29, 0.717) is 11.0 Å². The summed E-state index contributed by atoms with van der Waals surface area (Å²) in [4.78, 5) is 0. The number of aromatic nitrogens is 2. The molecule has 0 fully saturated rings. The second kappa shape index (κ2) is 5.16. The maximum atomic E-state index is 5.66. The molecule has 1 aliphatic rings. The first kappa shape index (κ1) is 11.8. The van der Waals surface area contributed by atoms with Crippen molar-refractivity contribution in [3.63, 3.8) is 0 Å². The zero-order chi connectivity index (χ0) is 12.4. The lowest BCUT2D eigenvalue weighted by molar-refractivity contribution is 0.273. The van der Waals surface area contributed by atoms with Crippen LogP contribution in [-0.2, 0) is 0 Å². The molecule has 18 heavy (non-hydrogen) atoms. The zero-order valence-electron chi connectivity index (χ0n) is 9.70. The van der Waals surface area contributed by atoms with Crippen molar-refractivity contribution in [3.05, 3.63) is 29.8 Å². The Morgan fingerprint density at radius 3 is 3.11 bits per heavy atom. The van der Waals surface area contributed by atoms with Crippen molar-refractivity contribution in [2.75, 3.05) is 18.1 Å². The molecule has 0 saturated heterocycles. The molecule has 1 aromatic heterocycles. The number of para-hydroxylation sites is 1. The van der Waals surface area contributed by atoms with Crippen LogP contribution in [0, 0.1) is 0 Å². The molecule has 0 saturated carbocycles. The Bertz CT molecular complexity index is 544. The minimum atomic E-state index is 0.519. The molecule has 6 heteroatoms. The van der Waals surface area contributed by atoms with Gasteiger partial charge in [-0.25, -0.2) is 0 Å². The standard InChI is InChI=1S/C12H13N3OS2/c13-11-14-15-12(18-11)17-7-8-5-6-16-10-4-2-1-3-9(8)10/h1-4,8H,5-7H2,(H2,13,14). The van der Waals surface area contributed by atoms with Gasteiger partial charge in [0.25, 0.3) is 0 Å². The number of nitrogens with zero attached hydrogens (tertiary/aromatic N) is 2. The van der Waals surface area contributed by atoms with E-state index >= 15 is 0 Å². The van der Waals surface area contributed by atoms with E-state index in [0.717, 1.165) is 28.9 Å². The first-order valence-corrected chi connectivity index (χ1v) is 7.56. The van der Waals surface area contributed by atoms with Crippen LogP contribution in [0.25, 0.3) is 0 Å². The summed E-state index contributed by atoms with van der Waals surface area (Å²) in [6.07, 6.45) is 1.05. The van der Waals surface area contributed by atoms with Gasteiger partial charge < -0.3 is 10.5 Å². The Kier molecular flexibility index (Phi) is 3.38. The fourth-order valence-electron chi connectivity index (χ4n) is 2.04. The van der Waals surface area contributed by atoms with E-state index in [2.05, 4.69) is 22.3 Å². The quantitative estimate of drug-likeness (QED) is 0.875. The third kappa shape index (κ3) is 2.44. The lowest BCUT2D eigenvalue weighted by Crippen LogP contribution is -2.15. The Morgan fingerprint density at radius 1 is 1.39 bits per heavy atom. The molecule has 4 nitrogen and oxygen atoms in total. The molecule has 0 bridgehead atoms. The summed E-state index contributed by atoms with van der Waals surface area (Å²) in [5.41, 5.74) is 6.88. The van der Waals surface area contributed by atoms with Gasteiger partial charge >= 0.3 is 0 Å². The number of ether oxygens (including phenoxy) is 1. The van der Waals surface area contributed by atoms with Crippen LogP contribution in [0.4, 0.5) is 5.13 Å². The maximum Gasteiger partial charge on any atom is 0.203 e. The highest BCUT2D eigenvalue weighted by atomic mass is 32.2. The van der Waals surface area contributed by atoms with Crippen LogP contribution in [0.3, 0.4) is 0 Å². The van der Waals surface area contributed by atoms with Crippen LogP contribution < -0.4 is 10.5 Å². The predicted molar refractivity (Wildman–Crippen MR) is 74.3 cm³/mol. The van der Waals surface area contributed by atoms with Crippen molar-refractivity contribution in [1.82, 2.24) is 10.2 Å². The van der Waals surface area contributed by atoms with E-state index in [-0.39, 0.29) is 0 Å². The van der Waals surface area contributed by atoms with Crippen molar-refractivity contribution in [1.29, 1.82) is 0 Å². The van der Waals surface area contributed by atoms with E-state index in [1.165, 1.54) is 16.9 Å². The fraction of sp³-hybridized carbons (Fsp3) is 0.333. The predicted octanol–water partition coefficient (Wildman–Crippen LogP) is 2.78. The number of nitrogen functional groups attached to an aromatic ring is 1. The zero-order valence-corrected chi connectivity index (χ0v) is 11.3. The molecule has 2 N–H and O–H groups in total. The minimum absolute atomic E-state index is 0.519. The average Bonchev–Trinajstić information content (AvgIpc) is 2.82. The number of hydrogen-bond donors (Lipinski definition) is 1. The molecule has 0 amide bonds. The molecule has 94 valence electrons. The van der Waals surface area contributed by atoms with E-state index in [4.69, 9.17) is 10.5 Å². The minimum Gasteiger partial charge on any atom is -0.493 e. The number of thioether (sulfide) groups is 1. The average molecular weight is 279 g/mol. The number of fused-ring (bicyclic) bond motifs is 1. The number of hydrogen-bond acceptors (Lipinski definition) is 6. The Balaban J connectivity index is 1.71. The van der Waals surface area contributed by atoms with Crippen LogP contribution in [0.15, 0.2) is 28.6 Å². The van der Waals surface area contributed by atoms with Crippen LogP contribution in [0.2, 0.25) is 0 Å². The SMILES string of the molecule is Nc1nnc(SCC2CCOc3ccccc32)s1. The monoisotopic (exact) mass is 279 g/mol. The fourth-order valence-corrected chi connectivity index (χ4v) is 3.87. The summed E-state index contributed by atoms with van der Waals surface area (Å²) in [5, 5.41) is 8.39. The lowest BCUT2D eigenvalue weighted by atomic mass is 9.95. The van der Waals surface area contributed by atoms with Crippen molar-refractivity contribution in [2.24, 2.45) is 0 Å². The van der Waals surface area contributed by atoms with Crippen LogP contribution in [0.1, 0.15) is 17.9 Å². The first-order valence-electron chi connectivity index (χ1n) is 5.76. The summed E-state index contributed by atoms with van der Waals surface area (Å²) >= 11 is 3.17. The molecular formula is C12H13N3OS2. The van der Waals surface area contributed by atoms with Gasteiger partial charge in [-0.1, -0.05) is 41.3 Å². The molecular weight excluding hydrogens is 266 g/mol. The summed E-state index contributed by atoms with van der Waals surface area (Å²) in [5.74, 6) is 2.53. The Hall–Kier alpha value is -1.27. The van der Waals surface area contributed by atoms with Crippen LogP contribution >= 0.6 is 23.1 Å². The highest BCUT2D eigenvalue weighted by molar-refractivity contribution is 8.01. The van der Waals surface area contributed by atoms with Gasteiger partial charge in [0.15, 0.2) is 4.34 Å². The van der Waals surface area contributed by atoms with Gasteiger partial charge in [0.1, 0.15) is 5.75 Å². The van der Waals surface area contributed by atoms with E-state index < -0.39 is 0 Å². The van der Waals surface area contributed by atoms with Crippen LogP contribution in [0.5, 0.6) is 5.75 Å². The number of nitrogens with two attached hydrogens (primary N) is 1. The van der Waals surface area contributed by atoms with Crippen molar-refractivity contribution in [2.45, 2.75) is 16.7 Å². The van der Waals surface area contributed by atoms with Gasteiger partial charge in [0.2, 0.25) is 5.13 Å². The van der Waals surface area contributed by atoms with Gasteiger partial charge in [0.05, 0.1) is 6.61 Å². The summed E-state index contributed by atoms with van der Waals surface area (Å²) < 4.78 is 6.60. The Labute approximate surface area is 114 Å². The highest BCUT2D eigenvalue weighted by Crippen LogP contribution is 2.37. The van der Waals surface area contributed by atoms with Gasteiger partial charge in [-0.3, -0.25) is 0 Å². The second-order valence-corrected chi connectivity index (χ2v) is 6.37. The maximum absolute atomic E-state index is 5.66. The van der Waals surface area contributed by atoms with E-state index in [1.807, 2.05) is 12.1 Å². The molecule has 1 aliphatic heterocycles. The first-order chi connectivity index (χ1) is 8.83. The summed E-state index contributed by atoms with van der Waals surface area (Å²) in [6.45, 7) is 0.792. The normalized spacial score (nSPS) is 18.1. The highest BCUT2D eigenvalue weighted by Gasteiger charge is 2.21. The number of anilines is 1. The van der Waals surface area contributed by atoms with Gasteiger partial charge in [0, 0.05) is 11.7 Å². The molecule has 1 atom stereocenters. The molecule has 2 heterocycles. The summed E-state index contributed by atoms with van der Waals surface area (Å²) in [6, 6.07) is 8.26. The molecule has 0 aliphatic carbocycles. The van der Waals surface area contributed by atoms with Gasteiger partial charge in [-0.05, 0) is 18.1 Å². The van der Waals surface area contributed by atoms with E-state index in [1.54, 1.807) is 11.8 Å². The van der Waals surface area contributed by atoms with Gasteiger partial charge in [-0.2, -0.15) is 0 Å².